The number of rotatable bonds is 5. The highest BCUT2D eigenvalue weighted by atomic mass is 32.2. The van der Waals surface area contributed by atoms with Crippen molar-refractivity contribution >= 4 is 15.7 Å². The maximum absolute atomic E-state index is 12.0. The number of anilines is 1. The van der Waals surface area contributed by atoms with E-state index < -0.39 is 10.0 Å². The van der Waals surface area contributed by atoms with Crippen molar-refractivity contribution in [3.05, 3.63) is 36.4 Å². The van der Waals surface area contributed by atoms with Gasteiger partial charge in [0.1, 0.15) is 4.90 Å². The summed E-state index contributed by atoms with van der Waals surface area (Å²) in [5.74, 6) is 0. The smallest absolute Gasteiger partial charge is 0.242 e. The van der Waals surface area contributed by atoms with Crippen LogP contribution in [0, 0.1) is 11.3 Å². The fourth-order valence-corrected chi connectivity index (χ4v) is 2.86. The molecule has 0 bridgehead atoms. The summed E-state index contributed by atoms with van der Waals surface area (Å²) in [5.41, 5.74) is 6.03. The zero-order chi connectivity index (χ0) is 13.8. The zero-order valence-corrected chi connectivity index (χ0v) is 10.9. The normalized spacial score (nSPS) is 12.7. The fourth-order valence-electron chi connectivity index (χ4n) is 1.49. The van der Waals surface area contributed by atoms with Crippen LogP contribution in [0.4, 0.5) is 5.69 Å². The molecule has 0 aliphatic rings. The van der Waals surface area contributed by atoms with Gasteiger partial charge < -0.3 is 5.73 Å². The van der Waals surface area contributed by atoms with Gasteiger partial charge in [-0.3, -0.25) is 0 Å². The van der Waals surface area contributed by atoms with E-state index in [2.05, 4.69) is 11.3 Å². The summed E-state index contributed by atoms with van der Waals surface area (Å²) in [6, 6.07) is 5.73. The number of nitrogens with two attached hydrogens (primary N) is 1. The number of nitrogen functional groups attached to an aromatic ring is 1. The first-order valence-corrected chi connectivity index (χ1v) is 6.82. The van der Waals surface area contributed by atoms with Crippen molar-refractivity contribution in [2.75, 3.05) is 5.73 Å². The van der Waals surface area contributed by atoms with E-state index in [1.165, 1.54) is 18.2 Å². The number of nitrogens with one attached hydrogen (secondary N) is 1. The van der Waals surface area contributed by atoms with Gasteiger partial charge in [-0.25, -0.2) is 13.1 Å². The molecule has 96 valence electrons. The number of hydrogen-bond donors (Lipinski definition) is 2. The van der Waals surface area contributed by atoms with E-state index in [0.29, 0.717) is 12.0 Å². The molecule has 1 aromatic carbocycles. The van der Waals surface area contributed by atoms with Crippen LogP contribution in [0.3, 0.4) is 0 Å². The lowest BCUT2D eigenvalue weighted by Gasteiger charge is -2.13. The minimum absolute atomic E-state index is 0.0163. The predicted octanol–water partition coefficient (Wildman–Crippen LogP) is 1.38. The number of hydrogen-bond acceptors (Lipinski definition) is 4. The lowest BCUT2D eigenvalue weighted by molar-refractivity contribution is 0.562. The lowest BCUT2D eigenvalue weighted by Crippen LogP contribution is -2.32. The van der Waals surface area contributed by atoms with E-state index >= 15 is 0 Å². The van der Waals surface area contributed by atoms with E-state index in [9.17, 15) is 8.42 Å². The van der Waals surface area contributed by atoms with Gasteiger partial charge >= 0.3 is 0 Å². The van der Waals surface area contributed by atoms with E-state index in [-0.39, 0.29) is 16.6 Å². The molecule has 0 aliphatic carbocycles. The van der Waals surface area contributed by atoms with Crippen LogP contribution in [0.5, 0.6) is 0 Å². The van der Waals surface area contributed by atoms with Gasteiger partial charge in [-0.2, -0.15) is 5.26 Å². The van der Waals surface area contributed by atoms with Crippen molar-refractivity contribution < 1.29 is 8.42 Å². The summed E-state index contributed by atoms with van der Waals surface area (Å²) in [6.45, 7) is 5.28. The van der Waals surface area contributed by atoms with Crippen LogP contribution in [0.1, 0.15) is 18.9 Å². The lowest BCUT2D eigenvalue weighted by atomic mass is 10.2. The number of benzene rings is 1. The van der Waals surface area contributed by atoms with Gasteiger partial charge in [0.2, 0.25) is 10.0 Å². The van der Waals surface area contributed by atoms with Crippen LogP contribution < -0.4 is 10.5 Å². The molecule has 6 heteroatoms. The fraction of sp³-hybridized carbons (Fsp3) is 0.250. The summed E-state index contributed by atoms with van der Waals surface area (Å²) in [4.78, 5) is -0.0163. The second-order valence-corrected chi connectivity index (χ2v) is 5.59. The first-order chi connectivity index (χ1) is 8.40. The Kier molecular flexibility index (Phi) is 4.48. The first-order valence-electron chi connectivity index (χ1n) is 5.33. The topological polar surface area (TPSA) is 96.0 Å². The molecule has 1 rings (SSSR count). The van der Waals surface area contributed by atoms with Crippen LogP contribution in [0.25, 0.3) is 0 Å². The third-order valence-corrected chi connectivity index (χ3v) is 3.97. The van der Waals surface area contributed by atoms with E-state index in [1.54, 1.807) is 13.0 Å². The summed E-state index contributed by atoms with van der Waals surface area (Å²) >= 11 is 0. The summed E-state index contributed by atoms with van der Waals surface area (Å²) in [7, 11) is -3.67. The molecule has 0 aliphatic heterocycles. The Morgan fingerprint density at radius 3 is 2.78 bits per heavy atom. The molecular formula is C12H15N3O2S. The van der Waals surface area contributed by atoms with Gasteiger partial charge in [0.05, 0.1) is 17.3 Å². The average molecular weight is 265 g/mol. The van der Waals surface area contributed by atoms with E-state index in [4.69, 9.17) is 11.0 Å². The van der Waals surface area contributed by atoms with Crippen molar-refractivity contribution in [2.45, 2.75) is 24.3 Å². The number of nitriles is 1. The SMILES string of the molecule is C=CCC(C)NS(=O)(=O)c1ccc(C#N)cc1N. The number of sulfonamides is 1. The average Bonchev–Trinajstić information content (AvgIpc) is 2.27. The molecule has 5 nitrogen and oxygen atoms in total. The third-order valence-electron chi connectivity index (χ3n) is 2.30. The van der Waals surface area contributed by atoms with Gasteiger partial charge in [0.15, 0.2) is 0 Å². The minimum Gasteiger partial charge on any atom is -0.398 e. The molecule has 1 aromatic rings. The van der Waals surface area contributed by atoms with Crippen LogP contribution in [-0.4, -0.2) is 14.5 Å². The van der Waals surface area contributed by atoms with Crippen molar-refractivity contribution in [1.82, 2.24) is 4.72 Å². The van der Waals surface area contributed by atoms with E-state index in [0.717, 1.165) is 0 Å². The number of nitrogens with zero attached hydrogens (tertiary/aromatic N) is 1. The highest BCUT2D eigenvalue weighted by molar-refractivity contribution is 7.89. The molecule has 0 amide bonds. The van der Waals surface area contributed by atoms with Gasteiger partial charge in [-0.1, -0.05) is 6.08 Å². The molecule has 0 spiro atoms. The van der Waals surface area contributed by atoms with Crippen LogP contribution >= 0.6 is 0 Å². The molecular weight excluding hydrogens is 250 g/mol. The molecule has 0 aromatic heterocycles. The Morgan fingerprint density at radius 2 is 2.28 bits per heavy atom. The Labute approximate surface area is 107 Å². The second-order valence-electron chi connectivity index (χ2n) is 3.91. The zero-order valence-electron chi connectivity index (χ0n) is 10.1. The highest BCUT2D eigenvalue weighted by Crippen LogP contribution is 2.19. The monoisotopic (exact) mass is 265 g/mol. The van der Waals surface area contributed by atoms with E-state index in [1.807, 2.05) is 6.07 Å². The molecule has 3 N–H and O–H groups in total. The van der Waals surface area contributed by atoms with Crippen molar-refractivity contribution in [2.24, 2.45) is 0 Å². The third kappa shape index (κ3) is 3.32. The predicted molar refractivity (Wildman–Crippen MR) is 70.2 cm³/mol. The molecule has 0 heterocycles. The summed E-state index contributed by atoms with van der Waals surface area (Å²) < 4.78 is 26.5. The Balaban J connectivity index is 3.06. The molecule has 0 radical (unpaired) electrons. The standard InChI is InChI=1S/C12H15N3O2S/c1-3-4-9(2)15-18(16,17)12-6-5-10(8-13)7-11(12)14/h3,5-7,9,15H,1,4,14H2,2H3. The largest absolute Gasteiger partial charge is 0.398 e. The molecule has 1 unspecified atom stereocenters. The van der Waals surface area contributed by atoms with Gasteiger partial charge in [-0.05, 0) is 31.5 Å². The Bertz CT molecular complexity index is 588. The van der Waals surface area contributed by atoms with Crippen LogP contribution in [0.15, 0.2) is 35.7 Å². The second kappa shape index (κ2) is 5.67. The Morgan fingerprint density at radius 1 is 1.61 bits per heavy atom. The van der Waals surface area contributed by atoms with Gasteiger partial charge in [0.25, 0.3) is 0 Å². The van der Waals surface area contributed by atoms with Crippen LogP contribution in [0.2, 0.25) is 0 Å². The summed E-state index contributed by atoms with van der Waals surface area (Å²) in [6.07, 6.45) is 2.16. The quantitative estimate of drug-likeness (QED) is 0.621. The van der Waals surface area contributed by atoms with Gasteiger partial charge in [0, 0.05) is 6.04 Å². The maximum Gasteiger partial charge on any atom is 0.242 e. The van der Waals surface area contributed by atoms with Crippen molar-refractivity contribution in [1.29, 1.82) is 5.26 Å². The molecule has 18 heavy (non-hydrogen) atoms. The molecule has 1 atom stereocenters. The Hall–Kier alpha value is -1.84. The summed E-state index contributed by atoms with van der Waals surface area (Å²) in [5, 5.41) is 8.69. The van der Waals surface area contributed by atoms with Crippen molar-refractivity contribution in [3.8, 4) is 6.07 Å². The van der Waals surface area contributed by atoms with Gasteiger partial charge in [-0.15, -0.1) is 6.58 Å². The molecule has 0 saturated heterocycles. The minimum atomic E-state index is -3.67. The highest BCUT2D eigenvalue weighted by Gasteiger charge is 2.19. The maximum atomic E-state index is 12.0. The van der Waals surface area contributed by atoms with Crippen molar-refractivity contribution in [3.63, 3.8) is 0 Å². The first kappa shape index (κ1) is 14.2. The van der Waals surface area contributed by atoms with Crippen LogP contribution in [-0.2, 0) is 10.0 Å². The molecule has 0 fully saturated rings. The molecule has 0 saturated carbocycles.